The maximum Gasteiger partial charge on any atom is 0.313 e. The second-order valence-corrected chi connectivity index (χ2v) is 6.93. The highest BCUT2D eigenvalue weighted by atomic mass is 32.2. The fourth-order valence-corrected chi connectivity index (χ4v) is 3.14. The SMILES string of the molecule is Cc1cccc(NC(=O)C(=O)NCCS(=O)Cc2ccccc2)c1. The zero-order valence-corrected chi connectivity index (χ0v) is 14.3. The lowest BCUT2D eigenvalue weighted by Crippen LogP contribution is -2.37. The van der Waals surface area contributed by atoms with Crippen molar-refractivity contribution >= 4 is 28.3 Å². The number of hydrogen-bond acceptors (Lipinski definition) is 3. The normalized spacial score (nSPS) is 11.5. The predicted molar refractivity (Wildman–Crippen MR) is 96.0 cm³/mol. The van der Waals surface area contributed by atoms with E-state index in [4.69, 9.17) is 0 Å². The van der Waals surface area contributed by atoms with E-state index in [1.54, 1.807) is 18.2 Å². The van der Waals surface area contributed by atoms with Gasteiger partial charge in [-0.3, -0.25) is 13.8 Å². The topological polar surface area (TPSA) is 75.3 Å². The van der Waals surface area contributed by atoms with Gasteiger partial charge in [0.1, 0.15) is 0 Å². The number of anilines is 1. The first kappa shape index (κ1) is 17.9. The Labute approximate surface area is 143 Å². The molecule has 2 rings (SSSR count). The molecular formula is C18H20N2O3S. The minimum atomic E-state index is -1.09. The van der Waals surface area contributed by atoms with Gasteiger partial charge in [-0.1, -0.05) is 42.5 Å². The average molecular weight is 344 g/mol. The van der Waals surface area contributed by atoms with Crippen LogP contribution in [0.4, 0.5) is 5.69 Å². The molecule has 2 aromatic rings. The van der Waals surface area contributed by atoms with Gasteiger partial charge in [-0.05, 0) is 30.2 Å². The van der Waals surface area contributed by atoms with Crippen molar-refractivity contribution < 1.29 is 13.8 Å². The van der Waals surface area contributed by atoms with E-state index >= 15 is 0 Å². The van der Waals surface area contributed by atoms with Gasteiger partial charge in [0.25, 0.3) is 0 Å². The van der Waals surface area contributed by atoms with Crippen LogP contribution in [0, 0.1) is 6.92 Å². The van der Waals surface area contributed by atoms with Crippen LogP contribution in [-0.4, -0.2) is 28.3 Å². The van der Waals surface area contributed by atoms with E-state index in [0.29, 0.717) is 17.2 Å². The average Bonchev–Trinajstić information content (AvgIpc) is 2.55. The molecule has 0 fully saturated rings. The Hall–Kier alpha value is -2.47. The highest BCUT2D eigenvalue weighted by Gasteiger charge is 2.13. The third-order valence-corrected chi connectivity index (χ3v) is 4.58. The van der Waals surface area contributed by atoms with E-state index in [9.17, 15) is 13.8 Å². The van der Waals surface area contributed by atoms with Gasteiger partial charge < -0.3 is 10.6 Å². The van der Waals surface area contributed by atoms with Crippen molar-refractivity contribution in [2.24, 2.45) is 0 Å². The van der Waals surface area contributed by atoms with Crippen molar-refractivity contribution in [1.82, 2.24) is 5.32 Å². The number of hydrogen-bond donors (Lipinski definition) is 2. The Morgan fingerprint density at radius 2 is 1.75 bits per heavy atom. The molecule has 0 bridgehead atoms. The Morgan fingerprint density at radius 1 is 1.00 bits per heavy atom. The fraction of sp³-hybridized carbons (Fsp3) is 0.222. The van der Waals surface area contributed by atoms with E-state index in [1.807, 2.05) is 43.3 Å². The van der Waals surface area contributed by atoms with E-state index < -0.39 is 22.6 Å². The molecule has 0 spiro atoms. The van der Waals surface area contributed by atoms with Gasteiger partial charge in [-0.25, -0.2) is 0 Å². The summed E-state index contributed by atoms with van der Waals surface area (Å²) in [4.78, 5) is 23.5. The van der Waals surface area contributed by atoms with Crippen molar-refractivity contribution in [3.8, 4) is 0 Å². The van der Waals surface area contributed by atoms with E-state index in [2.05, 4.69) is 10.6 Å². The van der Waals surface area contributed by atoms with Gasteiger partial charge in [0.15, 0.2) is 0 Å². The van der Waals surface area contributed by atoms with Crippen molar-refractivity contribution in [3.05, 3.63) is 65.7 Å². The monoisotopic (exact) mass is 344 g/mol. The van der Waals surface area contributed by atoms with Crippen LogP contribution in [0.15, 0.2) is 54.6 Å². The lowest BCUT2D eigenvalue weighted by Gasteiger charge is -2.07. The Bertz CT molecular complexity index is 732. The van der Waals surface area contributed by atoms with Crippen LogP contribution < -0.4 is 10.6 Å². The van der Waals surface area contributed by atoms with Crippen molar-refractivity contribution in [2.45, 2.75) is 12.7 Å². The summed E-state index contributed by atoms with van der Waals surface area (Å²) >= 11 is 0. The number of carbonyl (C=O) groups excluding carboxylic acids is 2. The first-order valence-electron chi connectivity index (χ1n) is 7.59. The minimum Gasteiger partial charge on any atom is -0.347 e. The van der Waals surface area contributed by atoms with Gasteiger partial charge in [-0.15, -0.1) is 0 Å². The van der Waals surface area contributed by atoms with Crippen LogP contribution in [0.2, 0.25) is 0 Å². The zero-order valence-electron chi connectivity index (χ0n) is 13.5. The van der Waals surface area contributed by atoms with Crippen molar-refractivity contribution in [2.75, 3.05) is 17.6 Å². The predicted octanol–water partition coefficient (Wildman–Crippen LogP) is 2.00. The van der Waals surface area contributed by atoms with Crippen LogP contribution in [0.25, 0.3) is 0 Å². The summed E-state index contributed by atoms with van der Waals surface area (Å²) in [5, 5.41) is 5.02. The molecule has 2 amide bonds. The lowest BCUT2D eigenvalue weighted by molar-refractivity contribution is -0.136. The van der Waals surface area contributed by atoms with Gasteiger partial charge in [0, 0.05) is 34.5 Å². The maximum absolute atomic E-state index is 12.0. The summed E-state index contributed by atoms with van der Waals surface area (Å²) in [6.07, 6.45) is 0. The summed E-state index contributed by atoms with van der Waals surface area (Å²) in [7, 11) is -1.09. The lowest BCUT2D eigenvalue weighted by atomic mass is 10.2. The number of amides is 2. The minimum absolute atomic E-state index is 0.194. The third-order valence-electron chi connectivity index (χ3n) is 3.27. The molecule has 0 saturated heterocycles. The molecule has 1 atom stereocenters. The summed E-state index contributed by atoms with van der Waals surface area (Å²) in [5.74, 6) is -0.715. The molecule has 2 aromatic carbocycles. The Balaban J connectivity index is 1.72. The number of aryl methyl sites for hydroxylation is 1. The highest BCUT2D eigenvalue weighted by Crippen LogP contribution is 2.09. The molecule has 0 aliphatic heterocycles. The molecule has 1 unspecified atom stereocenters. The molecule has 0 aliphatic carbocycles. The van der Waals surface area contributed by atoms with Crippen LogP contribution in [0.3, 0.4) is 0 Å². The van der Waals surface area contributed by atoms with Crippen molar-refractivity contribution in [1.29, 1.82) is 0 Å². The van der Waals surface area contributed by atoms with E-state index in [1.165, 1.54) is 0 Å². The smallest absolute Gasteiger partial charge is 0.313 e. The number of rotatable bonds is 6. The Morgan fingerprint density at radius 3 is 2.46 bits per heavy atom. The van der Waals surface area contributed by atoms with Crippen molar-refractivity contribution in [3.63, 3.8) is 0 Å². The Kier molecular flexibility index (Phi) is 6.69. The molecule has 24 heavy (non-hydrogen) atoms. The summed E-state index contributed by atoms with van der Waals surface area (Å²) in [6, 6.07) is 16.7. The summed E-state index contributed by atoms with van der Waals surface area (Å²) < 4.78 is 12.0. The summed E-state index contributed by atoms with van der Waals surface area (Å²) in [5.41, 5.74) is 2.55. The molecule has 126 valence electrons. The van der Waals surface area contributed by atoms with Gasteiger partial charge in [0.2, 0.25) is 0 Å². The van der Waals surface area contributed by atoms with Gasteiger partial charge in [0.05, 0.1) is 0 Å². The fourth-order valence-electron chi connectivity index (χ4n) is 2.10. The van der Waals surface area contributed by atoms with Crippen LogP contribution in [0.5, 0.6) is 0 Å². The molecule has 6 heteroatoms. The van der Waals surface area contributed by atoms with Crippen LogP contribution in [-0.2, 0) is 26.1 Å². The largest absolute Gasteiger partial charge is 0.347 e. The molecule has 2 N–H and O–H groups in total. The number of nitrogens with one attached hydrogen (secondary N) is 2. The standard InChI is InChI=1S/C18H20N2O3S/c1-14-6-5-9-16(12-14)20-18(22)17(21)19-10-11-24(23)13-15-7-3-2-4-8-15/h2-9,12H,10-11,13H2,1H3,(H,19,21)(H,20,22). The molecule has 0 aliphatic rings. The molecule has 0 saturated carbocycles. The van der Waals surface area contributed by atoms with Crippen LogP contribution >= 0.6 is 0 Å². The highest BCUT2D eigenvalue weighted by molar-refractivity contribution is 7.84. The second kappa shape index (κ2) is 8.98. The maximum atomic E-state index is 12.0. The first-order chi connectivity index (χ1) is 11.5. The number of carbonyl (C=O) groups is 2. The molecule has 0 aromatic heterocycles. The van der Waals surface area contributed by atoms with E-state index in [-0.39, 0.29) is 6.54 Å². The van der Waals surface area contributed by atoms with Gasteiger partial charge in [-0.2, -0.15) is 0 Å². The number of benzene rings is 2. The second-order valence-electron chi connectivity index (χ2n) is 5.35. The zero-order chi connectivity index (χ0) is 17.4. The third kappa shape index (κ3) is 5.96. The van der Waals surface area contributed by atoms with E-state index in [0.717, 1.165) is 11.1 Å². The molecule has 5 nitrogen and oxygen atoms in total. The quantitative estimate of drug-likeness (QED) is 0.787. The van der Waals surface area contributed by atoms with Gasteiger partial charge >= 0.3 is 11.8 Å². The first-order valence-corrected chi connectivity index (χ1v) is 9.08. The molecule has 0 radical (unpaired) electrons. The van der Waals surface area contributed by atoms with Crippen LogP contribution in [0.1, 0.15) is 11.1 Å². The molecular weight excluding hydrogens is 324 g/mol. The molecule has 0 heterocycles. The summed E-state index contributed by atoms with van der Waals surface area (Å²) in [6.45, 7) is 2.09.